The molecule has 3 aromatic heterocycles. The topological polar surface area (TPSA) is 77.0 Å². The third-order valence-corrected chi connectivity index (χ3v) is 8.58. The van der Waals surface area contributed by atoms with Crippen LogP contribution in [0, 0.1) is 0 Å². The van der Waals surface area contributed by atoms with Gasteiger partial charge in [0.1, 0.15) is 16.2 Å². The van der Waals surface area contributed by atoms with Crippen LogP contribution in [0.3, 0.4) is 0 Å². The Morgan fingerprint density at radius 2 is 2.03 bits per heavy atom. The number of carbonyl (C=O) groups is 1. The number of aryl methyl sites for hydroxylation is 1. The Hall–Kier alpha value is -2.55. The number of nitrogens with zero attached hydrogens (tertiary/aromatic N) is 3. The van der Waals surface area contributed by atoms with Crippen molar-refractivity contribution in [2.75, 3.05) is 18.9 Å². The lowest BCUT2D eigenvalue weighted by molar-refractivity contribution is -0.119. The Kier molecular flexibility index (Phi) is 5.73. The number of amides is 1. The lowest BCUT2D eigenvalue weighted by Gasteiger charge is -2.10. The molecule has 1 saturated heterocycles. The van der Waals surface area contributed by atoms with Crippen LogP contribution in [0.2, 0.25) is 0 Å². The molecule has 1 aliphatic carbocycles. The molecule has 1 fully saturated rings. The predicted molar refractivity (Wildman–Crippen MR) is 133 cm³/mol. The van der Waals surface area contributed by atoms with Gasteiger partial charge in [-0.2, -0.15) is 0 Å². The van der Waals surface area contributed by atoms with Crippen molar-refractivity contribution in [2.45, 2.75) is 43.2 Å². The number of pyridine rings is 1. The number of hydrogen-bond donors (Lipinski definition) is 1. The average molecular weight is 477 g/mol. The fourth-order valence-corrected chi connectivity index (χ4v) is 6.90. The van der Waals surface area contributed by atoms with Gasteiger partial charge in [0.25, 0.3) is 0 Å². The van der Waals surface area contributed by atoms with Crippen LogP contribution in [-0.2, 0) is 22.4 Å². The highest BCUT2D eigenvalue weighted by Crippen LogP contribution is 2.43. The Labute approximate surface area is 200 Å². The van der Waals surface area contributed by atoms with Gasteiger partial charge in [-0.1, -0.05) is 42.1 Å². The molecule has 0 spiro atoms. The van der Waals surface area contributed by atoms with Gasteiger partial charge in [0.2, 0.25) is 5.91 Å². The maximum absolute atomic E-state index is 12.4. The molecule has 0 radical (unpaired) electrons. The molecule has 8 heteroatoms. The van der Waals surface area contributed by atoms with E-state index < -0.39 is 0 Å². The van der Waals surface area contributed by atoms with Crippen molar-refractivity contribution in [1.82, 2.24) is 20.3 Å². The number of aromatic nitrogens is 3. The van der Waals surface area contributed by atoms with Gasteiger partial charge in [-0.05, 0) is 43.2 Å². The normalized spacial score (nSPS) is 17.6. The van der Waals surface area contributed by atoms with Gasteiger partial charge in [0.05, 0.1) is 27.8 Å². The van der Waals surface area contributed by atoms with Crippen LogP contribution in [0.5, 0.6) is 0 Å². The molecule has 33 heavy (non-hydrogen) atoms. The maximum Gasteiger partial charge on any atom is 0.230 e. The van der Waals surface area contributed by atoms with Crippen LogP contribution in [0.15, 0.2) is 41.7 Å². The summed E-state index contributed by atoms with van der Waals surface area (Å²) in [6.45, 7) is 1.38. The zero-order chi connectivity index (χ0) is 22.2. The third-order valence-electron chi connectivity index (χ3n) is 6.38. The van der Waals surface area contributed by atoms with Crippen LogP contribution in [0.25, 0.3) is 31.7 Å². The first-order valence-corrected chi connectivity index (χ1v) is 13.2. The van der Waals surface area contributed by atoms with Crippen molar-refractivity contribution in [2.24, 2.45) is 0 Å². The van der Waals surface area contributed by atoms with Crippen molar-refractivity contribution in [1.29, 1.82) is 0 Å². The van der Waals surface area contributed by atoms with Crippen molar-refractivity contribution in [3.8, 4) is 11.3 Å². The SMILES string of the molecule is O=C(CSc1ncnc2c1sc1nc(-c3ccccc3)c3c(c12)CCC3)NC[C@@H]1CCCO1. The van der Waals surface area contributed by atoms with Gasteiger partial charge >= 0.3 is 0 Å². The van der Waals surface area contributed by atoms with E-state index in [1.54, 1.807) is 17.7 Å². The number of thiophene rings is 1. The van der Waals surface area contributed by atoms with E-state index in [1.165, 1.54) is 33.8 Å². The second kappa shape index (κ2) is 9.00. The van der Waals surface area contributed by atoms with E-state index in [9.17, 15) is 4.79 Å². The van der Waals surface area contributed by atoms with Gasteiger partial charge in [-0.15, -0.1) is 11.3 Å². The van der Waals surface area contributed by atoms with E-state index in [2.05, 4.69) is 39.6 Å². The minimum absolute atomic E-state index is 0.00811. The summed E-state index contributed by atoms with van der Waals surface area (Å²) in [6, 6.07) is 10.4. The highest BCUT2D eigenvalue weighted by Gasteiger charge is 2.25. The van der Waals surface area contributed by atoms with Crippen LogP contribution >= 0.6 is 23.1 Å². The second-order valence-electron chi connectivity index (χ2n) is 8.50. The summed E-state index contributed by atoms with van der Waals surface area (Å²) < 4.78 is 6.61. The minimum Gasteiger partial charge on any atom is -0.376 e. The van der Waals surface area contributed by atoms with Crippen molar-refractivity contribution in [3.05, 3.63) is 47.8 Å². The third kappa shape index (κ3) is 4.00. The van der Waals surface area contributed by atoms with E-state index in [0.29, 0.717) is 12.3 Å². The zero-order valence-corrected chi connectivity index (χ0v) is 19.8. The molecular weight excluding hydrogens is 452 g/mol. The molecule has 0 bridgehead atoms. The smallest absolute Gasteiger partial charge is 0.230 e. The summed E-state index contributed by atoms with van der Waals surface area (Å²) >= 11 is 3.11. The first-order chi connectivity index (χ1) is 16.3. The van der Waals surface area contributed by atoms with Crippen LogP contribution < -0.4 is 5.32 Å². The largest absolute Gasteiger partial charge is 0.376 e. The number of fused-ring (bicyclic) bond motifs is 5. The second-order valence-corrected chi connectivity index (χ2v) is 10.5. The van der Waals surface area contributed by atoms with E-state index >= 15 is 0 Å². The quantitative estimate of drug-likeness (QED) is 0.319. The van der Waals surface area contributed by atoms with Crippen molar-refractivity contribution in [3.63, 3.8) is 0 Å². The molecule has 4 heterocycles. The zero-order valence-electron chi connectivity index (χ0n) is 18.2. The molecular formula is C25H24N4O2S2. The fraction of sp³-hybridized carbons (Fsp3) is 0.360. The summed E-state index contributed by atoms with van der Waals surface area (Å²) in [5.74, 6) is 0.335. The lowest BCUT2D eigenvalue weighted by Crippen LogP contribution is -2.32. The van der Waals surface area contributed by atoms with Crippen molar-refractivity contribution >= 4 is 49.4 Å². The fourth-order valence-electron chi connectivity index (χ4n) is 4.83. The summed E-state index contributed by atoms with van der Waals surface area (Å²) in [5.41, 5.74) is 5.97. The van der Waals surface area contributed by atoms with Gasteiger partial charge in [0.15, 0.2) is 0 Å². The summed E-state index contributed by atoms with van der Waals surface area (Å²) in [7, 11) is 0. The summed E-state index contributed by atoms with van der Waals surface area (Å²) in [4.78, 5) is 27.7. The number of carbonyl (C=O) groups excluding carboxylic acids is 1. The van der Waals surface area contributed by atoms with E-state index in [4.69, 9.17) is 9.72 Å². The first kappa shape index (κ1) is 21.0. The van der Waals surface area contributed by atoms with Crippen LogP contribution in [-0.4, -0.2) is 45.9 Å². The predicted octanol–water partition coefficient (Wildman–Crippen LogP) is 4.78. The summed E-state index contributed by atoms with van der Waals surface area (Å²) in [6.07, 6.45) is 7.11. The molecule has 1 aromatic carbocycles. The molecule has 4 aromatic rings. The van der Waals surface area contributed by atoms with Crippen LogP contribution in [0.4, 0.5) is 0 Å². The molecule has 1 N–H and O–H groups in total. The number of nitrogens with one attached hydrogen (secondary N) is 1. The average Bonchev–Trinajstić information content (AvgIpc) is 3.60. The Balaban J connectivity index is 1.32. The van der Waals surface area contributed by atoms with Gasteiger partial charge < -0.3 is 10.1 Å². The Morgan fingerprint density at radius 1 is 1.15 bits per heavy atom. The standard InChI is InChI=1S/C25H24N4O2S2/c30-19(26-12-16-8-5-11-31-16)13-32-25-23-22(27-14-28-25)20-17-9-4-10-18(17)21(29-24(20)33-23)15-6-2-1-3-7-15/h1-3,6-7,14,16H,4-5,8-13H2,(H,26,30)/t16-/m0/s1. The molecule has 2 aliphatic rings. The molecule has 168 valence electrons. The first-order valence-electron chi connectivity index (χ1n) is 11.4. The highest BCUT2D eigenvalue weighted by molar-refractivity contribution is 8.00. The number of ether oxygens (including phenoxy) is 1. The number of thioether (sulfide) groups is 1. The van der Waals surface area contributed by atoms with E-state index in [1.807, 2.05) is 6.07 Å². The molecule has 6 nitrogen and oxygen atoms in total. The molecule has 1 atom stereocenters. The molecule has 0 unspecified atom stereocenters. The monoisotopic (exact) mass is 476 g/mol. The van der Waals surface area contributed by atoms with Gasteiger partial charge in [-0.25, -0.2) is 15.0 Å². The molecule has 1 aliphatic heterocycles. The molecule has 6 rings (SSSR count). The van der Waals surface area contributed by atoms with Crippen molar-refractivity contribution < 1.29 is 9.53 Å². The lowest BCUT2D eigenvalue weighted by atomic mass is 10.0. The maximum atomic E-state index is 12.4. The van der Waals surface area contributed by atoms with E-state index in [-0.39, 0.29) is 12.0 Å². The highest BCUT2D eigenvalue weighted by atomic mass is 32.2. The summed E-state index contributed by atoms with van der Waals surface area (Å²) in [5, 5.41) is 5.02. The van der Waals surface area contributed by atoms with E-state index in [0.717, 1.165) is 64.5 Å². The van der Waals surface area contributed by atoms with Gasteiger partial charge in [-0.3, -0.25) is 4.79 Å². The minimum atomic E-state index is 0.00811. The number of benzene rings is 1. The van der Waals surface area contributed by atoms with Gasteiger partial charge in [0, 0.05) is 24.1 Å². The molecule has 0 saturated carbocycles. The Morgan fingerprint density at radius 3 is 2.88 bits per heavy atom. The number of rotatable bonds is 6. The number of hydrogen-bond acceptors (Lipinski definition) is 7. The molecule has 1 amide bonds. The van der Waals surface area contributed by atoms with Crippen LogP contribution in [0.1, 0.15) is 30.4 Å². The Bertz CT molecular complexity index is 1330.